The molecule has 1 saturated heterocycles. The van der Waals surface area contributed by atoms with Crippen molar-refractivity contribution in [1.29, 1.82) is 0 Å². The van der Waals surface area contributed by atoms with Gasteiger partial charge in [-0.3, -0.25) is 4.40 Å². The Balaban J connectivity index is 1.68. The number of carbonyl (C=O) groups excluding carboxylic acids is 1. The largest absolute Gasteiger partial charge is 0.497 e. The number of pyridine rings is 1. The number of benzene rings is 1. The highest BCUT2D eigenvalue weighted by atomic mass is 16.6. The van der Waals surface area contributed by atoms with Gasteiger partial charge in [0.05, 0.1) is 18.3 Å². The first-order valence-corrected chi connectivity index (χ1v) is 10.4. The van der Waals surface area contributed by atoms with Crippen molar-refractivity contribution < 1.29 is 14.3 Å². The molecule has 0 spiro atoms. The Labute approximate surface area is 177 Å². The summed E-state index contributed by atoms with van der Waals surface area (Å²) in [5.41, 5.74) is 2.61. The number of likely N-dealkylation sites (tertiary alicyclic amines) is 1. The van der Waals surface area contributed by atoms with Crippen LogP contribution < -0.4 is 4.74 Å². The number of nitrogens with zero attached hydrogens (tertiary/aromatic N) is 3. The minimum absolute atomic E-state index is 0.169. The standard InChI is InChI=1S/C24H29N3O3/c1-24(2,3)30-23(28)26-13-8-10-18(16-26)21-20-12-5-6-14-27(20)22(25-21)17-9-7-11-19(15-17)29-4/h5-7,9,11-12,14-15,18H,8,10,13,16H2,1-4H3. The Morgan fingerprint density at radius 2 is 2.00 bits per heavy atom. The molecule has 4 rings (SSSR count). The molecule has 1 aliphatic heterocycles. The number of amides is 1. The summed E-state index contributed by atoms with van der Waals surface area (Å²) in [7, 11) is 1.67. The Bertz CT molecular complexity index is 1050. The number of methoxy groups -OCH3 is 1. The summed E-state index contributed by atoms with van der Waals surface area (Å²) in [4.78, 5) is 19.5. The average Bonchev–Trinajstić information content (AvgIpc) is 3.12. The predicted octanol–water partition coefficient (Wildman–Crippen LogP) is 5.12. The number of rotatable bonds is 3. The molecular formula is C24H29N3O3. The van der Waals surface area contributed by atoms with Crippen molar-refractivity contribution >= 4 is 11.6 Å². The number of hydrogen-bond donors (Lipinski definition) is 0. The Hall–Kier alpha value is -3.02. The first-order chi connectivity index (χ1) is 14.4. The number of hydrogen-bond acceptors (Lipinski definition) is 4. The fourth-order valence-electron chi connectivity index (χ4n) is 4.02. The molecule has 0 aliphatic carbocycles. The highest BCUT2D eigenvalue weighted by molar-refractivity contribution is 5.70. The van der Waals surface area contributed by atoms with Gasteiger partial charge in [0.15, 0.2) is 0 Å². The van der Waals surface area contributed by atoms with Crippen molar-refractivity contribution in [3.63, 3.8) is 0 Å². The molecule has 6 nitrogen and oxygen atoms in total. The van der Waals surface area contributed by atoms with E-state index in [1.54, 1.807) is 7.11 Å². The Kier molecular flexibility index (Phi) is 5.41. The Morgan fingerprint density at radius 1 is 1.17 bits per heavy atom. The minimum Gasteiger partial charge on any atom is -0.497 e. The number of piperidine rings is 1. The molecule has 3 heterocycles. The molecule has 0 bridgehead atoms. The quantitative estimate of drug-likeness (QED) is 0.604. The third-order valence-corrected chi connectivity index (χ3v) is 5.36. The summed E-state index contributed by atoms with van der Waals surface area (Å²) >= 11 is 0. The molecule has 0 radical (unpaired) electrons. The zero-order valence-corrected chi connectivity index (χ0v) is 18.1. The van der Waals surface area contributed by atoms with E-state index in [1.807, 2.05) is 68.3 Å². The van der Waals surface area contributed by atoms with Crippen LogP contribution in [0.2, 0.25) is 0 Å². The van der Waals surface area contributed by atoms with Crippen molar-refractivity contribution in [1.82, 2.24) is 14.3 Å². The van der Waals surface area contributed by atoms with Crippen LogP contribution in [-0.4, -0.2) is 46.2 Å². The van der Waals surface area contributed by atoms with Gasteiger partial charge in [0.25, 0.3) is 0 Å². The van der Waals surface area contributed by atoms with Crippen LogP contribution in [-0.2, 0) is 4.74 Å². The molecule has 2 aromatic heterocycles. The summed E-state index contributed by atoms with van der Waals surface area (Å²) in [5.74, 6) is 1.85. The molecule has 6 heteroatoms. The molecule has 1 amide bonds. The van der Waals surface area contributed by atoms with Crippen molar-refractivity contribution in [2.75, 3.05) is 20.2 Å². The second-order valence-electron chi connectivity index (χ2n) is 8.77. The number of imidazole rings is 1. The van der Waals surface area contributed by atoms with Crippen LogP contribution in [0, 0.1) is 0 Å². The summed E-state index contributed by atoms with van der Waals surface area (Å²) in [6.07, 6.45) is 3.72. The first kappa shape index (κ1) is 20.3. The fraction of sp³-hybridized carbons (Fsp3) is 0.417. The van der Waals surface area contributed by atoms with Crippen LogP contribution in [0.5, 0.6) is 5.75 Å². The maximum absolute atomic E-state index is 12.6. The molecular weight excluding hydrogens is 378 g/mol. The topological polar surface area (TPSA) is 56.1 Å². The van der Waals surface area contributed by atoms with E-state index in [4.69, 9.17) is 14.5 Å². The zero-order valence-electron chi connectivity index (χ0n) is 18.1. The second kappa shape index (κ2) is 8.01. The summed E-state index contributed by atoms with van der Waals surface area (Å²) in [6.45, 7) is 7.04. The van der Waals surface area contributed by atoms with Crippen LogP contribution in [0.25, 0.3) is 16.9 Å². The lowest BCUT2D eigenvalue weighted by Crippen LogP contribution is -2.42. The molecule has 0 saturated carbocycles. The maximum atomic E-state index is 12.6. The lowest BCUT2D eigenvalue weighted by atomic mass is 9.94. The summed E-state index contributed by atoms with van der Waals surface area (Å²) in [6, 6.07) is 14.1. The number of ether oxygens (including phenoxy) is 2. The number of carbonyl (C=O) groups is 1. The fourth-order valence-corrected chi connectivity index (χ4v) is 4.02. The van der Waals surface area contributed by atoms with E-state index in [2.05, 4.69) is 10.5 Å². The molecule has 1 unspecified atom stereocenters. The average molecular weight is 408 g/mol. The number of fused-ring (bicyclic) bond motifs is 1. The number of aromatic nitrogens is 2. The summed E-state index contributed by atoms with van der Waals surface area (Å²) in [5, 5.41) is 0. The van der Waals surface area contributed by atoms with Crippen LogP contribution >= 0.6 is 0 Å². The second-order valence-corrected chi connectivity index (χ2v) is 8.77. The van der Waals surface area contributed by atoms with Crippen LogP contribution in [0.15, 0.2) is 48.7 Å². The van der Waals surface area contributed by atoms with Crippen molar-refractivity contribution in [3.05, 3.63) is 54.4 Å². The van der Waals surface area contributed by atoms with Crippen molar-refractivity contribution in [3.8, 4) is 17.1 Å². The van der Waals surface area contributed by atoms with Gasteiger partial charge >= 0.3 is 6.09 Å². The van der Waals surface area contributed by atoms with Gasteiger partial charge in [-0.15, -0.1) is 0 Å². The van der Waals surface area contributed by atoms with Crippen LogP contribution in [0.4, 0.5) is 4.79 Å². The van der Waals surface area contributed by atoms with E-state index in [9.17, 15) is 4.79 Å². The Morgan fingerprint density at radius 3 is 2.77 bits per heavy atom. The summed E-state index contributed by atoms with van der Waals surface area (Å²) < 4.78 is 13.1. The van der Waals surface area contributed by atoms with Crippen LogP contribution in [0.3, 0.4) is 0 Å². The first-order valence-electron chi connectivity index (χ1n) is 10.4. The predicted molar refractivity (Wildman–Crippen MR) is 117 cm³/mol. The molecule has 30 heavy (non-hydrogen) atoms. The van der Waals surface area contributed by atoms with E-state index >= 15 is 0 Å². The van der Waals surface area contributed by atoms with Gasteiger partial charge in [-0.1, -0.05) is 18.2 Å². The molecule has 1 atom stereocenters. The molecule has 158 valence electrons. The van der Waals surface area contributed by atoms with E-state index in [0.29, 0.717) is 6.54 Å². The normalized spacial score (nSPS) is 17.2. The van der Waals surface area contributed by atoms with Gasteiger partial charge in [-0.25, -0.2) is 9.78 Å². The minimum atomic E-state index is -0.495. The van der Waals surface area contributed by atoms with Crippen LogP contribution in [0.1, 0.15) is 45.2 Å². The third-order valence-electron chi connectivity index (χ3n) is 5.36. The van der Waals surface area contributed by atoms with Gasteiger partial charge in [-0.05, 0) is 57.9 Å². The van der Waals surface area contributed by atoms with Gasteiger partial charge in [0, 0.05) is 30.8 Å². The van der Waals surface area contributed by atoms with Crippen molar-refractivity contribution in [2.24, 2.45) is 0 Å². The van der Waals surface area contributed by atoms with Gasteiger partial charge in [0.1, 0.15) is 17.2 Å². The molecule has 1 aromatic carbocycles. The van der Waals surface area contributed by atoms with Gasteiger partial charge < -0.3 is 14.4 Å². The lowest BCUT2D eigenvalue weighted by molar-refractivity contribution is 0.0197. The third kappa shape index (κ3) is 4.13. The van der Waals surface area contributed by atoms with Crippen molar-refractivity contribution in [2.45, 2.75) is 45.1 Å². The molecule has 1 fully saturated rings. The van der Waals surface area contributed by atoms with Gasteiger partial charge in [0.2, 0.25) is 0 Å². The molecule has 1 aliphatic rings. The van der Waals surface area contributed by atoms with E-state index < -0.39 is 5.60 Å². The van der Waals surface area contributed by atoms with E-state index in [0.717, 1.165) is 47.7 Å². The zero-order chi connectivity index (χ0) is 21.3. The monoisotopic (exact) mass is 407 g/mol. The molecule has 3 aromatic rings. The smallest absolute Gasteiger partial charge is 0.410 e. The highest BCUT2D eigenvalue weighted by Crippen LogP contribution is 2.33. The maximum Gasteiger partial charge on any atom is 0.410 e. The molecule has 0 N–H and O–H groups in total. The lowest BCUT2D eigenvalue weighted by Gasteiger charge is -2.33. The van der Waals surface area contributed by atoms with E-state index in [-0.39, 0.29) is 12.0 Å². The van der Waals surface area contributed by atoms with Gasteiger partial charge in [-0.2, -0.15) is 0 Å². The van der Waals surface area contributed by atoms with E-state index in [1.165, 1.54) is 0 Å². The SMILES string of the molecule is COc1cccc(-c2nc(C3CCCN(C(=O)OC(C)(C)C)C3)c3ccccn23)c1. The highest BCUT2D eigenvalue weighted by Gasteiger charge is 2.31.